The van der Waals surface area contributed by atoms with Crippen LogP contribution in [0.1, 0.15) is 11.1 Å². The number of phenols is 1. The van der Waals surface area contributed by atoms with Crippen molar-refractivity contribution in [1.82, 2.24) is 0 Å². The first kappa shape index (κ1) is 11.8. The Balaban J connectivity index is 2.10. The fraction of sp³-hybridized carbons (Fsp3) is 0.143. The van der Waals surface area contributed by atoms with E-state index in [0.29, 0.717) is 17.4 Å². The zero-order valence-electron chi connectivity index (χ0n) is 9.48. The molecule has 3 heteroatoms. The van der Waals surface area contributed by atoms with Crippen molar-refractivity contribution in [3.05, 3.63) is 58.6 Å². The van der Waals surface area contributed by atoms with Crippen molar-refractivity contribution >= 4 is 11.6 Å². The van der Waals surface area contributed by atoms with Crippen LogP contribution in [-0.4, -0.2) is 5.11 Å². The quantitative estimate of drug-likeness (QED) is 0.892. The summed E-state index contributed by atoms with van der Waals surface area (Å²) in [5.41, 5.74) is 2.02. The Morgan fingerprint density at radius 3 is 2.65 bits per heavy atom. The van der Waals surface area contributed by atoms with Crippen LogP contribution in [-0.2, 0) is 6.61 Å². The van der Waals surface area contributed by atoms with Gasteiger partial charge in [-0.2, -0.15) is 0 Å². The van der Waals surface area contributed by atoms with Crippen LogP contribution in [0.3, 0.4) is 0 Å². The Bertz CT molecular complexity index is 523. The van der Waals surface area contributed by atoms with Gasteiger partial charge in [0.05, 0.1) is 0 Å². The topological polar surface area (TPSA) is 29.5 Å². The van der Waals surface area contributed by atoms with Gasteiger partial charge in [-0.25, -0.2) is 0 Å². The number of rotatable bonds is 3. The maximum Gasteiger partial charge on any atom is 0.161 e. The number of aryl methyl sites for hydroxylation is 1. The molecular formula is C14H13ClO2. The fourth-order valence-electron chi connectivity index (χ4n) is 1.50. The van der Waals surface area contributed by atoms with Crippen LogP contribution >= 0.6 is 11.6 Å². The molecule has 17 heavy (non-hydrogen) atoms. The lowest BCUT2D eigenvalue weighted by atomic mass is 10.1. The van der Waals surface area contributed by atoms with Gasteiger partial charge < -0.3 is 9.84 Å². The van der Waals surface area contributed by atoms with E-state index in [4.69, 9.17) is 16.3 Å². The molecule has 0 aliphatic carbocycles. The predicted octanol–water partition coefficient (Wildman–Crippen LogP) is 3.93. The number of hydrogen-bond donors (Lipinski definition) is 1. The molecule has 2 aromatic carbocycles. The number of phenolic OH excluding ortho intramolecular Hbond substituents is 1. The normalized spacial score (nSPS) is 10.2. The average molecular weight is 249 g/mol. The van der Waals surface area contributed by atoms with Crippen LogP contribution < -0.4 is 4.74 Å². The minimum atomic E-state index is 0.135. The van der Waals surface area contributed by atoms with E-state index < -0.39 is 0 Å². The Hall–Kier alpha value is -1.67. The molecule has 0 aliphatic heterocycles. The largest absolute Gasteiger partial charge is 0.504 e. The van der Waals surface area contributed by atoms with Crippen LogP contribution in [0.15, 0.2) is 42.5 Å². The molecule has 0 saturated carbocycles. The van der Waals surface area contributed by atoms with Crippen molar-refractivity contribution in [2.45, 2.75) is 13.5 Å². The molecule has 0 atom stereocenters. The molecule has 1 N–H and O–H groups in total. The molecule has 0 spiro atoms. The van der Waals surface area contributed by atoms with Crippen LogP contribution in [0.25, 0.3) is 0 Å². The van der Waals surface area contributed by atoms with Gasteiger partial charge in [0.25, 0.3) is 0 Å². The van der Waals surface area contributed by atoms with Gasteiger partial charge in [-0.1, -0.05) is 35.9 Å². The molecule has 0 bridgehead atoms. The molecule has 0 unspecified atom stereocenters. The van der Waals surface area contributed by atoms with Gasteiger partial charge in [-0.15, -0.1) is 0 Å². The van der Waals surface area contributed by atoms with Gasteiger partial charge in [0.15, 0.2) is 11.5 Å². The van der Waals surface area contributed by atoms with Gasteiger partial charge in [-0.3, -0.25) is 0 Å². The summed E-state index contributed by atoms with van der Waals surface area (Å²) in [7, 11) is 0. The first-order chi connectivity index (χ1) is 8.16. The van der Waals surface area contributed by atoms with Crippen molar-refractivity contribution in [2.75, 3.05) is 0 Å². The number of para-hydroxylation sites is 2. The zero-order valence-corrected chi connectivity index (χ0v) is 10.2. The number of hydrogen-bond acceptors (Lipinski definition) is 2. The molecule has 2 nitrogen and oxygen atoms in total. The van der Waals surface area contributed by atoms with Crippen LogP contribution in [0.5, 0.6) is 11.5 Å². The van der Waals surface area contributed by atoms with Crippen LogP contribution in [0, 0.1) is 6.92 Å². The van der Waals surface area contributed by atoms with E-state index in [-0.39, 0.29) is 5.75 Å². The minimum absolute atomic E-state index is 0.135. The second-order valence-electron chi connectivity index (χ2n) is 3.85. The molecule has 0 radical (unpaired) electrons. The summed E-state index contributed by atoms with van der Waals surface area (Å²) in [6, 6.07) is 12.7. The van der Waals surface area contributed by atoms with Gasteiger partial charge in [-0.05, 0) is 30.7 Å². The third-order valence-electron chi connectivity index (χ3n) is 2.46. The van der Waals surface area contributed by atoms with E-state index in [1.165, 1.54) is 0 Å². The van der Waals surface area contributed by atoms with Gasteiger partial charge in [0.1, 0.15) is 6.61 Å². The van der Waals surface area contributed by atoms with E-state index >= 15 is 0 Å². The number of ether oxygens (including phenoxy) is 1. The Morgan fingerprint density at radius 1 is 1.18 bits per heavy atom. The lowest BCUT2D eigenvalue weighted by molar-refractivity contribution is 0.289. The van der Waals surface area contributed by atoms with Crippen molar-refractivity contribution < 1.29 is 9.84 Å². The van der Waals surface area contributed by atoms with Gasteiger partial charge in [0, 0.05) is 10.6 Å². The third-order valence-corrected chi connectivity index (χ3v) is 2.81. The standard InChI is InChI=1S/C14H13ClO2/c1-10-6-7-11(12(15)8-10)9-17-14-5-3-2-4-13(14)16/h2-8,16H,9H2,1H3. The second kappa shape index (κ2) is 5.11. The highest BCUT2D eigenvalue weighted by molar-refractivity contribution is 6.31. The third kappa shape index (κ3) is 2.92. The summed E-state index contributed by atoms with van der Waals surface area (Å²) in [6.07, 6.45) is 0. The monoisotopic (exact) mass is 248 g/mol. The highest BCUT2D eigenvalue weighted by atomic mass is 35.5. The lowest BCUT2D eigenvalue weighted by Gasteiger charge is -2.09. The predicted molar refractivity (Wildman–Crippen MR) is 68.6 cm³/mol. The Kier molecular flexibility index (Phi) is 3.55. The van der Waals surface area contributed by atoms with Gasteiger partial charge >= 0.3 is 0 Å². The van der Waals surface area contributed by atoms with Crippen molar-refractivity contribution in [2.24, 2.45) is 0 Å². The van der Waals surface area contributed by atoms with E-state index in [1.54, 1.807) is 18.2 Å². The van der Waals surface area contributed by atoms with E-state index in [2.05, 4.69) is 0 Å². The number of halogens is 1. The lowest BCUT2D eigenvalue weighted by Crippen LogP contribution is -1.96. The maximum atomic E-state index is 9.54. The molecular weight excluding hydrogens is 236 g/mol. The molecule has 0 aromatic heterocycles. The van der Waals surface area contributed by atoms with Crippen LogP contribution in [0.2, 0.25) is 5.02 Å². The molecule has 88 valence electrons. The first-order valence-corrected chi connectivity index (χ1v) is 5.70. The highest BCUT2D eigenvalue weighted by Crippen LogP contribution is 2.26. The van der Waals surface area contributed by atoms with Crippen LogP contribution in [0.4, 0.5) is 0 Å². The first-order valence-electron chi connectivity index (χ1n) is 5.32. The van der Waals surface area contributed by atoms with Crippen molar-refractivity contribution in [1.29, 1.82) is 0 Å². The summed E-state index contributed by atoms with van der Waals surface area (Å²) >= 11 is 6.09. The fourth-order valence-corrected chi connectivity index (χ4v) is 1.79. The Morgan fingerprint density at radius 2 is 1.94 bits per heavy atom. The van der Waals surface area contributed by atoms with E-state index in [9.17, 15) is 5.11 Å². The Labute approximate surface area is 105 Å². The highest BCUT2D eigenvalue weighted by Gasteiger charge is 2.04. The van der Waals surface area contributed by atoms with E-state index in [0.717, 1.165) is 11.1 Å². The van der Waals surface area contributed by atoms with Gasteiger partial charge in [0.2, 0.25) is 0 Å². The molecule has 2 rings (SSSR count). The number of benzene rings is 2. The minimum Gasteiger partial charge on any atom is -0.504 e. The summed E-state index contributed by atoms with van der Waals surface area (Å²) in [5.74, 6) is 0.597. The molecule has 0 aliphatic rings. The van der Waals surface area contributed by atoms with Crippen molar-refractivity contribution in [3.8, 4) is 11.5 Å². The summed E-state index contributed by atoms with van der Waals surface area (Å²) < 4.78 is 5.51. The molecule has 0 heterocycles. The SMILES string of the molecule is Cc1ccc(COc2ccccc2O)c(Cl)c1. The smallest absolute Gasteiger partial charge is 0.161 e. The summed E-state index contributed by atoms with van der Waals surface area (Å²) in [6.45, 7) is 2.33. The zero-order chi connectivity index (χ0) is 12.3. The summed E-state index contributed by atoms with van der Waals surface area (Å²) in [5, 5.41) is 10.2. The maximum absolute atomic E-state index is 9.54. The van der Waals surface area contributed by atoms with E-state index in [1.807, 2.05) is 31.2 Å². The van der Waals surface area contributed by atoms with Crippen molar-refractivity contribution in [3.63, 3.8) is 0 Å². The molecule has 2 aromatic rings. The average Bonchev–Trinajstić information content (AvgIpc) is 2.30. The molecule has 0 saturated heterocycles. The number of aromatic hydroxyl groups is 1. The summed E-state index contributed by atoms with van der Waals surface area (Å²) in [4.78, 5) is 0. The molecule has 0 fully saturated rings. The second-order valence-corrected chi connectivity index (χ2v) is 4.26. The molecule has 0 amide bonds.